The Kier molecular flexibility index (Phi) is 3.98. The van der Waals surface area contributed by atoms with Gasteiger partial charge in [0.2, 0.25) is 0 Å². The molecule has 58 valence electrons. The minimum absolute atomic E-state index is 0.748. The van der Waals surface area contributed by atoms with Gasteiger partial charge in [-0.3, -0.25) is 0 Å². The molecule has 0 atom stereocenters. The third-order valence-corrected chi connectivity index (χ3v) is 1.69. The van der Waals surface area contributed by atoms with Crippen LogP contribution in [0.3, 0.4) is 0 Å². The molecular formula is C10H13N. The molecule has 0 radical (unpaired) electrons. The summed E-state index contributed by atoms with van der Waals surface area (Å²) in [7, 11) is 0. The van der Waals surface area contributed by atoms with Gasteiger partial charge in [0.15, 0.2) is 0 Å². The van der Waals surface area contributed by atoms with Gasteiger partial charge < -0.3 is 0 Å². The van der Waals surface area contributed by atoms with Gasteiger partial charge in [-0.15, -0.1) is 0 Å². The van der Waals surface area contributed by atoms with E-state index in [0.717, 1.165) is 16.7 Å². The van der Waals surface area contributed by atoms with E-state index in [1.54, 1.807) is 6.08 Å². The van der Waals surface area contributed by atoms with Crippen LogP contribution in [0.5, 0.6) is 0 Å². The van der Waals surface area contributed by atoms with Gasteiger partial charge in [-0.05, 0) is 31.9 Å². The van der Waals surface area contributed by atoms with Gasteiger partial charge >= 0.3 is 0 Å². The Labute approximate surface area is 68.3 Å². The Hall–Kier alpha value is -1.29. The summed E-state index contributed by atoms with van der Waals surface area (Å²) in [5.74, 6) is 0. The molecule has 0 fully saturated rings. The molecule has 0 amide bonds. The summed E-state index contributed by atoms with van der Waals surface area (Å²) >= 11 is 0. The predicted molar refractivity (Wildman–Crippen MR) is 47.9 cm³/mol. The van der Waals surface area contributed by atoms with Crippen molar-refractivity contribution >= 4 is 0 Å². The summed E-state index contributed by atoms with van der Waals surface area (Å²) in [4.78, 5) is 0. The zero-order valence-corrected chi connectivity index (χ0v) is 7.31. The van der Waals surface area contributed by atoms with Gasteiger partial charge in [0.25, 0.3) is 0 Å². The number of hydrogen-bond donors (Lipinski definition) is 0. The maximum atomic E-state index is 8.58. The molecule has 0 aromatic heterocycles. The van der Waals surface area contributed by atoms with Crippen molar-refractivity contribution in [2.45, 2.75) is 20.8 Å². The summed E-state index contributed by atoms with van der Waals surface area (Å²) in [5.41, 5.74) is 2.78. The largest absolute Gasteiger partial charge is 0.193 e. The molecule has 0 bridgehead atoms. The fraction of sp³-hybridized carbons (Fsp3) is 0.300. The molecule has 0 rings (SSSR count). The second kappa shape index (κ2) is 4.51. The van der Waals surface area contributed by atoms with Crippen molar-refractivity contribution in [3.8, 4) is 6.07 Å². The molecular weight excluding hydrogens is 134 g/mol. The maximum Gasteiger partial charge on any atom is 0.0947 e. The molecule has 1 heteroatoms. The fourth-order valence-corrected chi connectivity index (χ4v) is 0.788. The molecule has 0 N–H and O–H groups in total. The van der Waals surface area contributed by atoms with Gasteiger partial charge in [-0.25, -0.2) is 0 Å². The summed E-state index contributed by atoms with van der Waals surface area (Å²) in [5, 5.41) is 8.58. The Balaban J connectivity index is 4.90. The quantitative estimate of drug-likeness (QED) is 0.435. The minimum atomic E-state index is 0.748. The Morgan fingerprint density at radius 2 is 2.00 bits per heavy atom. The molecule has 0 aliphatic rings. The molecule has 0 aliphatic carbocycles. The van der Waals surface area contributed by atoms with Crippen molar-refractivity contribution in [2.75, 3.05) is 0 Å². The third kappa shape index (κ3) is 2.43. The number of hydrogen-bond acceptors (Lipinski definition) is 1. The van der Waals surface area contributed by atoms with Crippen LogP contribution in [0.25, 0.3) is 0 Å². The molecule has 11 heavy (non-hydrogen) atoms. The van der Waals surface area contributed by atoms with E-state index < -0.39 is 0 Å². The van der Waals surface area contributed by atoms with Crippen LogP contribution in [0.1, 0.15) is 20.8 Å². The van der Waals surface area contributed by atoms with Crippen LogP contribution in [0, 0.1) is 11.3 Å². The lowest BCUT2D eigenvalue weighted by Gasteiger charge is -2.00. The average Bonchev–Trinajstić information content (AvgIpc) is 2.05. The summed E-state index contributed by atoms with van der Waals surface area (Å²) in [6.45, 7) is 9.33. The smallest absolute Gasteiger partial charge is 0.0947 e. The van der Waals surface area contributed by atoms with Crippen molar-refractivity contribution in [1.29, 1.82) is 5.26 Å². The van der Waals surface area contributed by atoms with Crippen molar-refractivity contribution in [2.24, 2.45) is 0 Å². The average molecular weight is 147 g/mol. The van der Waals surface area contributed by atoms with Gasteiger partial charge in [0, 0.05) is 5.57 Å². The van der Waals surface area contributed by atoms with Gasteiger partial charge in [0.05, 0.1) is 6.07 Å². The van der Waals surface area contributed by atoms with Crippen LogP contribution in [-0.4, -0.2) is 0 Å². The Morgan fingerprint density at radius 1 is 1.45 bits per heavy atom. The van der Waals surface area contributed by atoms with E-state index in [2.05, 4.69) is 12.6 Å². The first-order valence-electron chi connectivity index (χ1n) is 3.54. The molecule has 0 heterocycles. The molecule has 0 saturated heterocycles. The van der Waals surface area contributed by atoms with Crippen molar-refractivity contribution in [3.05, 3.63) is 35.5 Å². The van der Waals surface area contributed by atoms with E-state index >= 15 is 0 Å². The van der Waals surface area contributed by atoms with E-state index in [4.69, 9.17) is 5.26 Å². The van der Waals surface area contributed by atoms with Crippen molar-refractivity contribution in [3.63, 3.8) is 0 Å². The lowest BCUT2D eigenvalue weighted by molar-refractivity contribution is 1.31. The molecule has 0 aromatic carbocycles. The van der Waals surface area contributed by atoms with Crippen molar-refractivity contribution in [1.82, 2.24) is 0 Å². The van der Waals surface area contributed by atoms with Gasteiger partial charge in [-0.1, -0.05) is 18.7 Å². The van der Waals surface area contributed by atoms with Gasteiger partial charge in [0.1, 0.15) is 0 Å². The molecule has 1 nitrogen and oxygen atoms in total. The highest BCUT2D eigenvalue weighted by Crippen LogP contribution is 2.13. The lowest BCUT2D eigenvalue weighted by atomic mass is 10.0. The molecule has 0 aliphatic heterocycles. The predicted octanol–water partition coefficient (Wildman–Crippen LogP) is 2.98. The molecule has 0 saturated carbocycles. The SMILES string of the molecule is C=CC(=CC)C(C)=C(C)C#N. The first-order valence-corrected chi connectivity index (χ1v) is 3.54. The summed E-state index contributed by atoms with van der Waals surface area (Å²) in [6, 6.07) is 2.10. The van der Waals surface area contributed by atoms with Gasteiger partial charge in [-0.2, -0.15) is 5.26 Å². The third-order valence-electron chi connectivity index (χ3n) is 1.69. The summed E-state index contributed by atoms with van der Waals surface area (Å²) in [6.07, 6.45) is 3.71. The number of nitriles is 1. The van der Waals surface area contributed by atoms with Crippen LogP contribution in [0.15, 0.2) is 35.5 Å². The van der Waals surface area contributed by atoms with Crippen LogP contribution in [-0.2, 0) is 0 Å². The van der Waals surface area contributed by atoms with E-state index in [1.807, 2.05) is 26.8 Å². The van der Waals surface area contributed by atoms with E-state index in [1.165, 1.54) is 0 Å². The fourth-order valence-electron chi connectivity index (χ4n) is 0.788. The van der Waals surface area contributed by atoms with E-state index in [9.17, 15) is 0 Å². The lowest BCUT2D eigenvalue weighted by Crippen LogP contribution is -1.84. The number of rotatable bonds is 2. The maximum absolute atomic E-state index is 8.58. The highest BCUT2D eigenvalue weighted by molar-refractivity contribution is 5.43. The van der Waals surface area contributed by atoms with Crippen LogP contribution in [0.4, 0.5) is 0 Å². The summed E-state index contributed by atoms with van der Waals surface area (Å²) < 4.78 is 0. The highest BCUT2D eigenvalue weighted by atomic mass is 14.2. The standard InChI is InChI=1S/C10H13N/c1-5-10(6-2)9(4)8(3)7-11/h5-6H,1H2,2-4H3. The molecule has 0 spiro atoms. The minimum Gasteiger partial charge on any atom is -0.193 e. The normalized spacial score (nSPS) is 13.5. The molecule has 0 unspecified atom stereocenters. The Bertz CT molecular complexity index is 249. The Morgan fingerprint density at radius 3 is 2.27 bits per heavy atom. The molecule has 0 aromatic rings. The van der Waals surface area contributed by atoms with Crippen molar-refractivity contribution < 1.29 is 0 Å². The first kappa shape index (κ1) is 9.71. The highest BCUT2D eigenvalue weighted by Gasteiger charge is 1.97. The zero-order chi connectivity index (χ0) is 8.85. The second-order valence-corrected chi connectivity index (χ2v) is 2.31. The van der Waals surface area contributed by atoms with E-state index in [0.29, 0.717) is 0 Å². The number of nitrogens with zero attached hydrogens (tertiary/aromatic N) is 1. The van der Waals surface area contributed by atoms with E-state index in [-0.39, 0.29) is 0 Å². The monoisotopic (exact) mass is 147 g/mol. The van der Waals surface area contributed by atoms with Crippen LogP contribution >= 0.6 is 0 Å². The topological polar surface area (TPSA) is 23.8 Å². The first-order chi connectivity index (χ1) is 5.17. The second-order valence-electron chi connectivity index (χ2n) is 2.31. The zero-order valence-electron chi connectivity index (χ0n) is 7.31. The number of allylic oxidation sites excluding steroid dienone is 5. The van der Waals surface area contributed by atoms with Crippen LogP contribution < -0.4 is 0 Å². The van der Waals surface area contributed by atoms with Crippen LogP contribution in [0.2, 0.25) is 0 Å².